The van der Waals surface area contributed by atoms with Crippen LogP contribution in [0.15, 0.2) is 59.3 Å². The molecule has 3 aliphatic rings. The number of rotatable bonds is 5. The molecule has 0 unspecified atom stereocenters. The summed E-state index contributed by atoms with van der Waals surface area (Å²) in [6.45, 7) is 1.76. The molecule has 0 atom stereocenters. The summed E-state index contributed by atoms with van der Waals surface area (Å²) in [5.74, 6) is -1.26. The molecule has 7 rings (SSSR count). The van der Waals surface area contributed by atoms with Crippen molar-refractivity contribution in [3.05, 3.63) is 83.4 Å². The number of hydrogen-bond donors (Lipinski definition) is 1. The molecule has 0 bridgehead atoms. The molecule has 0 amide bonds. The van der Waals surface area contributed by atoms with Gasteiger partial charge in [-0.05, 0) is 78.8 Å². The molecule has 1 saturated heterocycles. The van der Waals surface area contributed by atoms with Crippen molar-refractivity contribution >= 4 is 28.0 Å². The standard InChI is InChI=1S/C30H25F2N3O3/c31-22-2-1-3-23(32)26(22)27-25(28(38-34-27)17-4-5-17)20-14-30(15-20)8-10-35(11-9-30)21-7-6-18-13-24(29(36)37)33-16-19(18)12-21/h1-3,6-7,12-14,16-17H,4-5,8-11,15H2,(H,36,37). The molecule has 1 spiro atoms. The van der Waals surface area contributed by atoms with Crippen molar-refractivity contribution in [2.45, 2.75) is 38.0 Å². The number of halogens is 2. The molecular formula is C30H25F2N3O3. The second-order valence-electron chi connectivity index (χ2n) is 10.7. The largest absolute Gasteiger partial charge is 0.477 e. The van der Waals surface area contributed by atoms with Crippen LogP contribution in [0, 0.1) is 17.0 Å². The number of nitrogens with zero attached hydrogens (tertiary/aromatic N) is 3. The lowest BCUT2D eigenvalue weighted by Crippen LogP contribution is -2.42. The molecule has 2 aromatic heterocycles. The highest BCUT2D eigenvalue weighted by molar-refractivity contribution is 5.93. The van der Waals surface area contributed by atoms with Crippen molar-refractivity contribution in [2.24, 2.45) is 5.41 Å². The molecule has 0 radical (unpaired) electrons. The minimum Gasteiger partial charge on any atom is -0.477 e. The quantitative estimate of drug-likeness (QED) is 0.316. The van der Waals surface area contributed by atoms with Gasteiger partial charge in [0.05, 0.1) is 5.56 Å². The van der Waals surface area contributed by atoms with E-state index < -0.39 is 17.6 Å². The molecule has 192 valence electrons. The van der Waals surface area contributed by atoms with Gasteiger partial charge in [-0.1, -0.05) is 23.4 Å². The molecular weight excluding hydrogens is 488 g/mol. The first-order chi connectivity index (χ1) is 18.4. The fourth-order valence-corrected chi connectivity index (χ4v) is 5.99. The number of carbonyl (C=O) groups is 1. The van der Waals surface area contributed by atoms with Gasteiger partial charge < -0.3 is 14.5 Å². The maximum Gasteiger partial charge on any atom is 0.354 e. The van der Waals surface area contributed by atoms with Crippen LogP contribution in [0.2, 0.25) is 0 Å². The average Bonchev–Trinajstić information content (AvgIpc) is 3.66. The van der Waals surface area contributed by atoms with Gasteiger partial charge in [-0.2, -0.15) is 0 Å². The summed E-state index contributed by atoms with van der Waals surface area (Å²) in [4.78, 5) is 17.6. The third-order valence-corrected chi connectivity index (χ3v) is 8.26. The van der Waals surface area contributed by atoms with Crippen LogP contribution in [0.3, 0.4) is 0 Å². The second-order valence-corrected chi connectivity index (χ2v) is 10.7. The van der Waals surface area contributed by atoms with Crippen LogP contribution in [-0.4, -0.2) is 34.3 Å². The van der Waals surface area contributed by atoms with Gasteiger partial charge >= 0.3 is 5.97 Å². The molecule has 2 fully saturated rings. The molecule has 38 heavy (non-hydrogen) atoms. The molecule has 4 aromatic rings. The van der Waals surface area contributed by atoms with Crippen LogP contribution in [0.1, 0.15) is 59.8 Å². The Labute approximate surface area is 217 Å². The number of aromatic carboxylic acids is 1. The highest BCUT2D eigenvalue weighted by Crippen LogP contribution is 2.56. The minimum absolute atomic E-state index is 0.0382. The van der Waals surface area contributed by atoms with Crippen molar-refractivity contribution < 1.29 is 23.2 Å². The lowest BCUT2D eigenvalue weighted by Gasteiger charge is -2.47. The topological polar surface area (TPSA) is 79.5 Å². The zero-order valence-corrected chi connectivity index (χ0v) is 20.6. The fourth-order valence-electron chi connectivity index (χ4n) is 5.99. The van der Waals surface area contributed by atoms with E-state index in [4.69, 9.17) is 4.52 Å². The number of aromatic nitrogens is 2. The summed E-state index contributed by atoms with van der Waals surface area (Å²) in [6.07, 6.45) is 8.69. The van der Waals surface area contributed by atoms with Crippen LogP contribution >= 0.6 is 0 Å². The Morgan fingerprint density at radius 1 is 1.03 bits per heavy atom. The van der Waals surface area contributed by atoms with Crippen LogP contribution < -0.4 is 4.90 Å². The Bertz CT molecular complexity index is 1610. The summed E-state index contributed by atoms with van der Waals surface area (Å²) in [5, 5.41) is 15.1. The van der Waals surface area contributed by atoms with Crippen molar-refractivity contribution in [2.75, 3.05) is 18.0 Å². The number of piperidine rings is 1. The number of benzene rings is 2. The van der Waals surface area contributed by atoms with Crippen molar-refractivity contribution in [1.82, 2.24) is 10.1 Å². The third-order valence-electron chi connectivity index (χ3n) is 8.26. The zero-order valence-electron chi connectivity index (χ0n) is 20.6. The first kappa shape index (κ1) is 23.1. The Morgan fingerprint density at radius 2 is 1.76 bits per heavy atom. The summed E-state index contributed by atoms with van der Waals surface area (Å²) >= 11 is 0. The van der Waals surface area contributed by atoms with E-state index in [0.29, 0.717) is 0 Å². The number of anilines is 1. The number of fused-ring (bicyclic) bond motifs is 1. The maximum atomic E-state index is 14.7. The highest BCUT2D eigenvalue weighted by Gasteiger charge is 2.44. The Morgan fingerprint density at radius 3 is 2.45 bits per heavy atom. The summed E-state index contributed by atoms with van der Waals surface area (Å²) < 4.78 is 35.0. The number of hydrogen-bond acceptors (Lipinski definition) is 5. The van der Waals surface area contributed by atoms with Gasteiger partial charge in [0.15, 0.2) is 0 Å². The first-order valence-corrected chi connectivity index (χ1v) is 12.9. The van der Waals surface area contributed by atoms with Gasteiger partial charge in [0.2, 0.25) is 0 Å². The number of allylic oxidation sites excluding steroid dienone is 2. The molecule has 2 aliphatic carbocycles. The van der Waals surface area contributed by atoms with E-state index in [0.717, 1.165) is 78.6 Å². The lowest BCUT2D eigenvalue weighted by molar-refractivity contribution is 0.0690. The zero-order chi connectivity index (χ0) is 26.0. The molecule has 1 N–H and O–H groups in total. The molecule has 3 heterocycles. The van der Waals surface area contributed by atoms with E-state index in [2.05, 4.69) is 27.2 Å². The maximum absolute atomic E-state index is 14.7. The number of carboxylic acids is 1. The SMILES string of the molecule is O=C(O)c1cc2ccc(N3CCC4(C=C(c5c(-c6c(F)cccc6F)noc5C5CC5)C4)CC3)cc2cn1. The predicted molar refractivity (Wildman–Crippen MR) is 139 cm³/mol. The average molecular weight is 514 g/mol. The fraction of sp³-hybridized carbons (Fsp3) is 0.300. The van der Waals surface area contributed by atoms with Crippen molar-refractivity contribution in [1.29, 1.82) is 0 Å². The van der Waals surface area contributed by atoms with Crippen molar-refractivity contribution in [3.63, 3.8) is 0 Å². The van der Waals surface area contributed by atoms with Gasteiger partial charge in [0.25, 0.3) is 0 Å². The van der Waals surface area contributed by atoms with Crippen LogP contribution in [-0.2, 0) is 0 Å². The van der Waals surface area contributed by atoms with Gasteiger partial charge in [-0.15, -0.1) is 0 Å². The normalized spacial score (nSPS) is 18.5. The van der Waals surface area contributed by atoms with Gasteiger partial charge in [-0.3, -0.25) is 0 Å². The van der Waals surface area contributed by atoms with Gasteiger partial charge in [0.1, 0.15) is 28.8 Å². The number of pyridine rings is 1. The Hall–Kier alpha value is -4.07. The first-order valence-electron chi connectivity index (χ1n) is 12.9. The third kappa shape index (κ3) is 3.78. The summed E-state index contributed by atoms with van der Waals surface area (Å²) in [6, 6.07) is 11.5. The molecule has 1 aliphatic heterocycles. The molecule has 6 nitrogen and oxygen atoms in total. The van der Waals surface area contributed by atoms with Gasteiger partial charge in [-0.25, -0.2) is 18.6 Å². The number of carboxylic acid groups (broad SMARTS) is 1. The predicted octanol–water partition coefficient (Wildman–Crippen LogP) is 6.82. The van der Waals surface area contributed by atoms with Crippen LogP contribution in [0.5, 0.6) is 0 Å². The van der Waals surface area contributed by atoms with Gasteiger partial charge in [0, 0.05) is 41.8 Å². The van der Waals surface area contributed by atoms with E-state index in [1.165, 1.54) is 18.2 Å². The minimum atomic E-state index is -1.04. The van der Waals surface area contributed by atoms with Crippen LogP contribution in [0.25, 0.3) is 27.6 Å². The summed E-state index contributed by atoms with van der Waals surface area (Å²) in [5.41, 5.74) is 3.21. The molecule has 8 heteroatoms. The highest BCUT2D eigenvalue weighted by atomic mass is 19.1. The van der Waals surface area contributed by atoms with E-state index in [-0.39, 0.29) is 28.3 Å². The van der Waals surface area contributed by atoms with E-state index in [1.807, 2.05) is 12.1 Å². The van der Waals surface area contributed by atoms with E-state index >= 15 is 0 Å². The second kappa shape index (κ2) is 8.48. The van der Waals surface area contributed by atoms with Crippen molar-refractivity contribution in [3.8, 4) is 11.3 Å². The molecule has 1 saturated carbocycles. The molecule has 2 aromatic carbocycles. The lowest BCUT2D eigenvalue weighted by atomic mass is 9.63. The Balaban J connectivity index is 1.13. The Kier molecular flexibility index (Phi) is 5.15. The van der Waals surface area contributed by atoms with E-state index in [9.17, 15) is 18.7 Å². The van der Waals surface area contributed by atoms with E-state index in [1.54, 1.807) is 12.3 Å². The summed E-state index contributed by atoms with van der Waals surface area (Å²) in [7, 11) is 0. The smallest absolute Gasteiger partial charge is 0.354 e. The monoisotopic (exact) mass is 513 g/mol. The van der Waals surface area contributed by atoms with Crippen LogP contribution in [0.4, 0.5) is 14.5 Å².